The minimum atomic E-state index is -6.61. The summed E-state index contributed by atoms with van der Waals surface area (Å²) in [6.45, 7) is 0. The van der Waals surface area contributed by atoms with Gasteiger partial charge in [0, 0.05) is 0 Å². The van der Waals surface area contributed by atoms with Crippen molar-refractivity contribution >= 4 is 0 Å². The molecule has 1 heterocycles. The lowest BCUT2D eigenvalue weighted by Crippen LogP contribution is -2.73. The van der Waals surface area contributed by atoms with E-state index in [1.165, 1.54) is 0 Å². The van der Waals surface area contributed by atoms with Gasteiger partial charge in [0.1, 0.15) is 0 Å². The second-order valence-corrected chi connectivity index (χ2v) is 3.88. The highest BCUT2D eigenvalue weighted by Gasteiger charge is 2.84. The molecule has 1 rings (SSSR count). The summed E-state index contributed by atoms with van der Waals surface area (Å²) in [5, 5.41) is 0. The third-order valence-electron chi connectivity index (χ3n) is 2.36. The van der Waals surface area contributed by atoms with Crippen molar-refractivity contribution < 1.29 is 62.2 Å². The lowest BCUT2D eigenvalue weighted by atomic mass is 10.2. The molecule has 0 unspecified atom stereocenters. The molecule has 0 aliphatic carbocycles. The van der Waals surface area contributed by atoms with Crippen molar-refractivity contribution in [3.8, 4) is 0 Å². The maximum absolute atomic E-state index is 13.4. The molecule has 0 spiro atoms. The fourth-order valence-corrected chi connectivity index (χ4v) is 1.39. The van der Waals surface area contributed by atoms with Crippen LogP contribution in [0.25, 0.3) is 0 Å². The third-order valence-corrected chi connectivity index (χ3v) is 2.36. The molecule has 23 heavy (non-hydrogen) atoms. The number of ether oxygens (including phenoxy) is 2. The molecule has 0 atom stereocenters. The highest BCUT2D eigenvalue weighted by molar-refractivity contribution is 5.12. The van der Waals surface area contributed by atoms with Gasteiger partial charge in [0.2, 0.25) is 5.95 Å². The fourth-order valence-electron chi connectivity index (χ4n) is 1.39. The van der Waals surface area contributed by atoms with Crippen LogP contribution in [0.3, 0.4) is 0 Å². The molecule has 0 radical (unpaired) electrons. The number of alkyl halides is 11. The zero-order valence-corrected chi connectivity index (χ0v) is 10.3. The van der Waals surface area contributed by atoms with E-state index < -0.39 is 47.1 Å². The molecule has 1 saturated heterocycles. The summed E-state index contributed by atoms with van der Waals surface area (Å²) < 4.78 is 159. The van der Waals surface area contributed by atoms with Gasteiger partial charge in [-0.2, -0.15) is 52.7 Å². The first-order valence-electron chi connectivity index (χ1n) is 4.96. The molecule has 1 fully saturated rings. The zero-order valence-electron chi connectivity index (χ0n) is 10.3. The maximum atomic E-state index is 13.4. The van der Waals surface area contributed by atoms with E-state index in [1.807, 2.05) is 4.74 Å². The quantitative estimate of drug-likeness (QED) is 0.415. The topological polar surface area (TPSA) is 21.7 Å². The lowest BCUT2D eigenvalue weighted by molar-refractivity contribution is -0.559. The Hall–Kier alpha value is -1.54. The smallest absolute Gasteiger partial charge is 0.453 e. The van der Waals surface area contributed by atoms with Crippen LogP contribution >= 0.6 is 0 Å². The van der Waals surface area contributed by atoms with Crippen LogP contribution < -0.4 is 0 Å². The maximum Gasteiger partial charge on any atom is 0.453 e. The summed E-state index contributed by atoms with van der Waals surface area (Å²) in [4.78, 5) is -3.03. The Kier molecular flexibility index (Phi) is 4.22. The third kappa shape index (κ3) is 2.74. The van der Waals surface area contributed by atoms with Gasteiger partial charge in [0.15, 0.2) is 0 Å². The second kappa shape index (κ2) is 4.98. The monoisotopic (exact) mass is 373 g/mol. The highest BCUT2D eigenvalue weighted by atomic mass is 19.4. The molecule has 1 aliphatic rings. The van der Waals surface area contributed by atoms with Gasteiger partial charge in [-0.3, -0.25) is 0 Å². The van der Waals surface area contributed by atoms with Crippen LogP contribution in [-0.4, -0.2) is 42.5 Å². The van der Waals surface area contributed by atoms with Crippen molar-refractivity contribution in [2.24, 2.45) is 0 Å². The van der Waals surface area contributed by atoms with Crippen molar-refractivity contribution in [2.75, 3.05) is 7.11 Å². The van der Waals surface area contributed by atoms with Gasteiger partial charge < -0.3 is 4.74 Å². The number of halogens is 12. The Balaban J connectivity index is 3.71. The van der Waals surface area contributed by atoms with Crippen molar-refractivity contribution in [3.05, 3.63) is 11.7 Å². The lowest BCUT2D eigenvalue weighted by Gasteiger charge is -2.47. The van der Waals surface area contributed by atoms with E-state index in [0.717, 1.165) is 0 Å². The van der Waals surface area contributed by atoms with Crippen LogP contribution in [-0.2, 0) is 9.47 Å². The molecular weight excluding hydrogens is 370 g/mol. The first kappa shape index (κ1) is 19.5. The molecule has 0 amide bonds. The fraction of sp³-hybridized carbons (Fsp3) is 0.750. The van der Waals surface area contributed by atoms with Crippen molar-refractivity contribution in [2.45, 2.75) is 30.5 Å². The summed E-state index contributed by atoms with van der Waals surface area (Å²) >= 11 is 0. The van der Waals surface area contributed by atoms with Crippen LogP contribution in [0, 0.1) is 0 Å². The van der Waals surface area contributed by atoms with Gasteiger partial charge in [-0.15, -0.1) is 0 Å². The molecule has 1 aliphatic heterocycles. The van der Waals surface area contributed by atoms with E-state index >= 15 is 0 Å². The number of methoxy groups -OCH3 is 1. The van der Waals surface area contributed by atoms with E-state index in [1.54, 1.807) is 0 Å². The summed E-state index contributed by atoms with van der Waals surface area (Å²) in [5.41, 5.74) is 0. The van der Waals surface area contributed by atoms with Gasteiger partial charge in [-0.05, 0) is 0 Å². The van der Waals surface area contributed by atoms with Gasteiger partial charge >= 0.3 is 30.5 Å². The average molecular weight is 373 g/mol. The normalized spacial score (nSPS) is 26.6. The molecule has 0 aromatic carbocycles. The SMILES string of the molecule is COC(=C(F)N1C(F)(F)C(F)(F)OC(F)(F)C1(F)F)C(F)(F)F. The van der Waals surface area contributed by atoms with E-state index in [4.69, 9.17) is 0 Å². The predicted octanol–water partition coefficient (Wildman–Crippen LogP) is 4.04. The molecule has 136 valence electrons. The minimum absolute atomic E-state index is 0.0462. The number of morpholine rings is 1. The van der Waals surface area contributed by atoms with Crippen LogP contribution in [0.15, 0.2) is 11.7 Å². The Bertz CT molecular complexity index is 484. The Morgan fingerprint density at radius 1 is 0.870 bits per heavy atom. The summed E-state index contributed by atoms with van der Waals surface area (Å²) in [6.07, 6.45) is -19.0. The number of rotatable bonds is 2. The summed E-state index contributed by atoms with van der Waals surface area (Å²) in [7, 11) is -0.0462. The van der Waals surface area contributed by atoms with Gasteiger partial charge in [0.05, 0.1) is 7.11 Å². The second-order valence-electron chi connectivity index (χ2n) is 3.88. The number of allylic oxidation sites excluding steroid dienone is 1. The number of hydrogen-bond acceptors (Lipinski definition) is 3. The van der Waals surface area contributed by atoms with Gasteiger partial charge in [-0.25, -0.2) is 9.64 Å². The average Bonchev–Trinajstić information content (AvgIpc) is 2.23. The van der Waals surface area contributed by atoms with E-state index in [2.05, 4.69) is 4.74 Å². The van der Waals surface area contributed by atoms with Gasteiger partial charge in [0.25, 0.3) is 5.76 Å². The van der Waals surface area contributed by atoms with Crippen molar-refractivity contribution in [1.29, 1.82) is 0 Å². The van der Waals surface area contributed by atoms with Crippen molar-refractivity contribution in [1.82, 2.24) is 4.90 Å². The molecule has 0 aromatic rings. The summed E-state index contributed by atoms with van der Waals surface area (Å²) in [6, 6.07) is -13.2. The molecule has 0 aromatic heterocycles. The molecule has 0 saturated carbocycles. The molecular formula is C8H3F12NO2. The Labute approximate surface area is 118 Å². The molecule has 0 N–H and O–H groups in total. The van der Waals surface area contributed by atoms with E-state index in [-0.39, 0.29) is 7.11 Å². The number of hydrogen-bond donors (Lipinski definition) is 0. The largest absolute Gasteiger partial charge is 0.489 e. The Morgan fingerprint density at radius 3 is 1.48 bits per heavy atom. The first-order valence-corrected chi connectivity index (χ1v) is 4.96. The van der Waals surface area contributed by atoms with Gasteiger partial charge in [-0.1, -0.05) is 0 Å². The molecule has 15 heteroatoms. The standard InChI is InChI=1S/C8H3F12NO2/c1-22-2(4(10,11)12)3(9)21-5(13,14)7(17,18)23-8(19,20)6(21,15)16/h1H3. The highest BCUT2D eigenvalue weighted by Crippen LogP contribution is 2.57. The molecule has 3 nitrogen and oxygen atoms in total. The van der Waals surface area contributed by atoms with Crippen LogP contribution in [0.2, 0.25) is 0 Å². The predicted molar refractivity (Wildman–Crippen MR) is 43.9 cm³/mol. The summed E-state index contributed by atoms with van der Waals surface area (Å²) in [5.74, 6) is -7.15. The molecule has 0 bridgehead atoms. The van der Waals surface area contributed by atoms with Crippen LogP contribution in [0.4, 0.5) is 52.7 Å². The van der Waals surface area contributed by atoms with E-state index in [9.17, 15) is 52.7 Å². The minimum Gasteiger partial charge on any atom is -0.489 e. The Morgan fingerprint density at radius 2 is 1.22 bits per heavy atom. The van der Waals surface area contributed by atoms with Crippen LogP contribution in [0.5, 0.6) is 0 Å². The number of nitrogens with zero attached hydrogens (tertiary/aromatic N) is 1. The van der Waals surface area contributed by atoms with Crippen LogP contribution in [0.1, 0.15) is 0 Å². The van der Waals surface area contributed by atoms with Crippen molar-refractivity contribution in [3.63, 3.8) is 0 Å². The first-order chi connectivity index (χ1) is 9.93. The van der Waals surface area contributed by atoms with E-state index in [0.29, 0.717) is 0 Å². The zero-order chi connectivity index (χ0) is 18.6.